The third-order valence-corrected chi connectivity index (χ3v) is 4.94. The topological polar surface area (TPSA) is 115 Å². The van der Waals surface area contributed by atoms with Crippen molar-refractivity contribution in [3.05, 3.63) is 81.0 Å². The summed E-state index contributed by atoms with van der Waals surface area (Å²) in [5.74, 6) is -0.986. The number of nitrogens with zero attached hydrogens (tertiary/aromatic N) is 3. The first-order chi connectivity index (χ1) is 15.2. The lowest BCUT2D eigenvalue weighted by Crippen LogP contribution is -2.34. The van der Waals surface area contributed by atoms with Crippen molar-refractivity contribution in [2.45, 2.75) is 33.4 Å². The summed E-state index contributed by atoms with van der Waals surface area (Å²) in [6, 6.07) is 6.65. The first-order valence-corrected chi connectivity index (χ1v) is 9.97. The van der Waals surface area contributed by atoms with Gasteiger partial charge < -0.3 is 16.4 Å². The third kappa shape index (κ3) is 5.65. The summed E-state index contributed by atoms with van der Waals surface area (Å²) < 4.78 is 28.3. The summed E-state index contributed by atoms with van der Waals surface area (Å²) in [7, 11) is 0. The van der Waals surface area contributed by atoms with Crippen LogP contribution in [0.1, 0.15) is 22.5 Å². The average molecular weight is 442 g/mol. The van der Waals surface area contributed by atoms with Crippen LogP contribution in [0, 0.1) is 25.5 Å². The van der Waals surface area contributed by atoms with Crippen LogP contribution in [0.3, 0.4) is 0 Å². The molecule has 3 aromatic rings. The Hall–Kier alpha value is -3.82. The highest BCUT2D eigenvalue weighted by Crippen LogP contribution is 2.11. The molecule has 32 heavy (non-hydrogen) atoms. The van der Waals surface area contributed by atoms with Crippen LogP contribution in [0.4, 0.5) is 20.4 Å². The number of nitrogens with two attached hydrogens (primary N) is 1. The second-order valence-corrected chi connectivity index (χ2v) is 7.31. The number of carbonyl (C=O) groups is 1. The molecular weight excluding hydrogens is 418 g/mol. The van der Waals surface area contributed by atoms with E-state index in [0.29, 0.717) is 17.2 Å². The zero-order valence-corrected chi connectivity index (χ0v) is 17.8. The van der Waals surface area contributed by atoms with Gasteiger partial charge in [-0.25, -0.2) is 18.7 Å². The number of halogens is 2. The average Bonchev–Trinajstić information content (AvgIpc) is 2.74. The molecule has 0 spiro atoms. The van der Waals surface area contributed by atoms with Crippen molar-refractivity contribution >= 4 is 17.5 Å². The molecule has 0 aliphatic heterocycles. The maximum absolute atomic E-state index is 13.7. The third-order valence-electron chi connectivity index (χ3n) is 4.94. The molecule has 168 valence electrons. The van der Waals surface area contributed by atoms with Gasteiger partial charge in [-0.15, -0.1) is 0 Å². The van der Waals surface area contributed by atoms with Crippen LogP contribution in [0.5, 0.6) is 0 Å². The highest BCUT2D eigenvalue weighted by Gasteiger charge is 2.12. The number of hydrogen-bond donors (Lipinski definition) is 3. The van der Waals surface area contributed by atoms with E-state index in [9.17, 15) is 18.4 Å². The minimum absolute atomic E-state index is 0.0267. The lowest BCUT2D eigenvalue weighted by Gasteiger charge is -2.13. The molecule has 8 nitrogen and oxygen atoms in total. The number of hydrogen-bond acceptors (Lipinski definition) is 6. The van der Waals surface area contributed by atoms with Gasteiger partial charge >= 0.3 is 0 Å². The van der Waals surface area contributed by atoms with Crippen LogP contribution >= 0.6 is 0 Å². The van der Waals surface area contributed by atoms with E-state index in [4.69, 9.17) is 5.73 Å². The van der Waals surface area contributed by atoms with Crippen LogP contribution in [0.15, 0.2) is 41.3 Å². The second-order valence-electron chi connectivity index (χ2n) is 7.31. The van der Waals surface area contributed by atoms with Crippen LogP contribution < -0.4 is 21.9 Å². The monoisotopic (exact) mass is 442 g/mol. The Morgan fingerprint density at radius 2 is 1.94 bits per heavy atom. The van der Waals surface area contributed by atoms with Gasteiger partial charge in [0.1, 0.15) is 24.0 Å². The summed E-state index contributed by atoms with van der Waals surface area (Å²) in [6.07, 6.45) is 1.63. The smallest absolute Gasteiger partial charge is 0.293 e. The lowest BCUT2D eigenvalue weighted by molar-refractivity contribution is -0.121. The van der Waals surface area contributed by atoms with E-state index in [2.05, 4.69) is 20.6 Å². The minimum Gasteiger partial charge on any atom is -0.384 e. The van der Waals surface area contributed by atoms with Crippen molar-refractivity contribution in [2.75, 3.05) is 17.6 Å². The van der Waals surface area contributed by atoms with Gasteiger partial charge in [0.2, 0.25) is 5.91 Å². The Balaban J connectivity index is 1.63. The number of rotatable bonds is 8. The van der Waals surface area contributed by atoms with Gasteiger partial charge in [-0.3, -0.25) is 14.2 Å². The fraction of sp³-hybridized carbons (Fsp3) is 0.273. The number of aromatic nitrogens is 3. The number of nitrogen functional groups attached to an aromatic ring is 1. The van der Waals surface area contributed by atoms with Crippen molar-refractivity contribution in [3.63, 3.8) is 0 Å². The molecule has 10 heteroatoms. The van der Waals surface area contributed by atoms with E-state index in [1.54, 1.807) is 26.0 Å². The lowest BCUT2D eigenvalue weighted by atomic mass is 10.1. The van der Waals surface area contributed by atoms with Gasteiger partial charge in [0.15, 0.2) is 5.82 Å². The van der Waals surface area contributed by atoms with Crippen LogP contribution in [-0.2, 0) is 24.3 Å². The molecule has 0 bridgehead atoms. The fourth-order valence-electron chi connectivity index (χ4n) is 3.13. The molecule has 0 fully saturated rings. The van der Waals surface area contributed by atoms with Gasteiger partial charge in [0, 0.05) is 30.7 Å². The molecule has 2 heterocycles. The van der Waals surface area contributed by atoms with Crippen molar-refractivity contribution in [1.29, 1.82) is 0 Å². The Morgan fingerprint density at radius 3 is 2.69 bits per heavy atom. The van der Waals surface area contributed by atoms with E-state index in [1.807, 2.05) is 0 Å². The molecule has 1 aromatic carbocycles. The number of benzene rings is 1. The number of anilines is 2. The van der Waals surface area contributed by atoms with Crippen LogP contribution in [-0.4, -0.2) is 27.0 Å². The molecule has 0 saturated heterocycles. The quantitative estimate of drug-likeness (QED) is 0.492. The summed E-state index contributed by atoms with van der Waals surface area (Å²) in [5.41, 5.74) is 7.38. The van der Waals surface area contributed by atoms with Crippen LogP contribution in [0.25, 0.3) is 0 Å². The first-order valence-electron chi connectivity index (χ1n) is 9.97. The van der Waals surface area contributed by atoms with Crippen molar-refractivity contribution in [2.24, 2.45) is 0 Å². The molecular formula is C22H24F2N6O2. The number of amides is 1. The maximum atomic E-state index is 13.7. The first kappa shape index (κ1) is 22.9. The van der Waals surface area contributed by atoms with Crippen molar-refractivity contribution in [1.82, 2.24) is 19.9 Å². The van der Waals surface area contributed by atoms with Gasteiger partial charge in [-0.1, -0.05) is 6.07 Å². The molecule has 4 N–H and O–H groups in total. The predicted octanol–water partition coefficient (Wildman–Crippen LogP) is 2.09. The Labute approximate surface area is 183 Å². The van der Waals surface area contributed by atoms with Gasteiger partial charge in [0.05, 0.1) is 0 Å². The largest absolute Gasteiger partial charge is 0.384 e. The minimum atomic E-state index is -0.534. The number of pyridine rings is 1. The Kier molecular flexibility index (Phi) is 7.14. The van der Waals surface area contributed by atoms with Gasteiger partial charge in [-0.2, -0.15) is 0 Å². The fourth-order valence-corrected chi connectivity index (χ4v) is 3.13. The van der Waals surface area contributed by atoms with Crippen molar-refractivity contribution < 1.29 is 13.6 Å². The SMILES string of the molecule is Cc1nc(N)ccc1CNC(=O)Cn1c(C)cnc(NCCc2cc(F)ccc2F)c1=O. The molecule has 3 rings (SSSR count). The van der Waals surface area contributed by atoms with Crippen LogP contribution in [0.2, 0.25) is 0 Å². The predicted molar refractivity (Wildman–Crippen MR) is 117 cm³/mol. The molecule has 0 unspecified atom stereocenters. The maximum Gasteiger partial charge on any atom is 0.293 e. The summed E-state index contributed by atoms with van der Waals surface area (Å²) in [6.45, 7) is 3.69. The van der Waals surface area contributed by atoms with E-state index in [-0.39, 0.29) is 43.3 Å². The number of aryl methyl sites for hydroxylation is 2. The molecule has 0 saturated carbocycles. The molecule has 0 aliphatic rings. The Bertz CT molecular complexity index is 1200. The summed E-state index contributed by atoms with van der Waals surface area (Å²) >= 11 is 0. The molecule has 1 amide bonds. The molecule has 0 atom stereocenters. The number of nitrogens with one attached hydrogen (secondary N) is 2. The Morgan fingerprint density at radius 1 is 1.16 bits per heavy atom. The van der Waals surface area contributed by atoms with Gasteiger partial charge in [0.25, 0.3) is 5.56 Å². The van der Waals surface area contributed by atoms with Crippen molar-refractivity contribution in [3.8, 4) is 0 Å². The summed E-state index contributed by atoms with van der Waals surface area (Å²) in [5, 5.41) is 5.59. The number of carbonyl (C=O) groups excluding carboxylic acids is 1. The molecule has 0 radical (unpaired) electrons. The molecule has 0 aliphatic carbocycles. The van der Waals surface area contributed by atoms with E-state index in [0.717, 1.165) is 23.8 Å². The van der Waals surface area contributed by atoms with E-state index in [1.165, 1.54) is 10.8 Å². The normalized spacial score (nSPS) is 10.8. The standard InChI is InChI=1S/C22H24F2N6O2/c1-13-10-28-21(26-8-7-15-9-17(23)4-5-18(15)24)22(32)30(13)12-20(31)27-11-16-3-6-19(25)29-14(16)2/h3-6,9-10H,7-8,11-12H2,1-2H3,(H2,25,29)(H,26,28)(H,27,31). The van der Waals surface area contributed by atoms with Gasteiger partial charge in [-0.05, 0) is 55.7 Å². The zero-order chi connectivity index (χ0) is 23.3. The van der Waals surface area contributed by atoms with E-state index >= 15 is 0 Å². The highest BCUT2D eigenvalue weighted by molar-refractivity contribution is 5.75. The highest BCUT2D eigenvalue weighted by atomic mass is 19.1. The molecule has 2 aromatic heterocycles. The van der Waals surface area contributed by atoms with E-state index < -0.39 is 17.2 Å². The summed E-state index contributed by atoms with van der Waals surface area (Å²) in [4.78, 5) is 33.4. The zero-order valence-electron chi connectivity index (χ0n) is 17.8. The second kappa shape index (κ2) is 9.99.